The van der Waals surface area contributed by atoms with Gasteiger partial charge in [-0.15, -0.1) is 102 Å². The quantitative estimate of drug-likeness (QED) is 0.107. The molecule has 12 nitrogen and oxygen atoms in total. The van der Waals surface area contributed by atoms with Crippen molar-refractivity contribution in [1.82, 2.24) is 59.8 Å². The van der Waals surface area contributed by atoms with E-state index in [1.807, 2.05) is 122 Å². The van der Waals surface area contributed by atoms with Gasteiger partial charge >= 0.3 is 0 Å². The van der Waals surface area contributed by atoms with Crippen LogP contribution in [0.1, 0.15) is 158 Å². The molecule has 117 heavy (non-hydrogen) atoms. The second-order valence-corrected chi connectivity index (χ2v) is 36.1. The Morgan fingerprint density at radius 3 is 0.590 bits per heavy atom. The molecular formula is C102H98BrIr2N12-3. The number of benzene rings is 9. The van der Waals surface area contributed by atoms with Gasteiger partial charge in [0.2, 0.25) is 0 Å². The van der Waals surface area contributed by atoms with E-state index in [9.17, 15) is 0 Å². The fraction of sp³-hybridized carbons (Fsp3) is 0.235. The minimum absolute atomic E-state index is 0. The van der Waals surface area contributed by atoms with Gasteiger partial charge < -0.3 is 15.0 Å². The van der Waals surface area contributed by atoms with Gasteiger partial charge in [0.05, 0.1) is 0 Å². The molecule has 15 heteroatoms. The van der Waals surface area contributed by atoms with Crippen LogP contribution in [-0.4, -0.2) is 59.8 Å². The molecule has 9 aromatic carbocycles. The molecule has 2 radical (unpaired) electrons. The van der Waals surface area contributed by atoms with E-state index < -0.39 is 0 Å². The van der Waals surface area contributed by atoms with Crippen LogP contribution in [-0.2, 0) is 72.7 Å². The zero-order valence-electron chi connectivity index (χ0n) is 69.8. The van der Waals surface area contributed by atoms with E-state index in [0.29, 0.717) is 52.4 Å². The third-order valence-electron chi connectivity index (χ3n) is 20.0. The van der Waals surface area contributed by atoms with E-state index in [1.165, 1.54) is 33.4 Å². The first-order chi connectivity index (χ1) is 54.6. The van der Waals surface area contributed by atoms with Crippen molar-refractivity contribution in [2.75, 3.05) is 0 Å². The fourth-order valence-corrected chi connectivity index (χ4v) is 13.1. The van der Waals surface area contributed by atoms with Gasteiger partial charge in [0.1, 0.15) is 0 Å². The summed E-state index contributed by atoms with van der Waals surface area (Å²) in [7, 11) is 0. The van der Waals surface area contributed by atoms with Crippen molar-refractivity contribution in [2.24, 2.45) is 0 Å². The van der Waals surface area contributed by atoms with Crippen LogP contribution in [0.5, 0.6) is 0 Å². The van der Waals surface area contributed by atoms with E-state index in [4.69, 9.17) is 49.8 Å². The Hall–Kier alpha value is -10.8. The number of pyridine rings is 3. The topological polar surface area (TPSA) is 155 Å². The number of halogens is 1. The second-order valence-electron chi connectivity index (χ2n) is 35.2. The van der Waals surface area contributed by atoms with Crippen molar-refractivity contribution in [2.45, 2.75) is 157 Å². The summed E-state index contributed by atoms with van der Waals surface area (Å²) in [5.41, 5.74) is 21.7. The molecule has 594 valence electrons. The van der Waals surface area contributed by atoms with Crippen LogP contribution >= 0.6 is 15.9 Å². The van der Waals surface area contributed by atoms with Crippen LogP contribution < -0.4 is 0 Å². The van der Waals surface area contributed by atoms with Gasteiger partial charge in [0.15, 0.2) is 52.4 Å². The number of rotatable bonds is 12. The number of aromatic nitrogens is 12. The summed E-state index contributed by atoms with van der Waals surface area (Å²) < 4.78 is 0.990. The summed E-state index contributed by atoms with van der Waals surface area (Å²) in [5.74, 6) is 5.64. The molecule has 0 aliphatic carbocycles. The van der Waals surface area contributed by atoms with Crippen LogP contribution in [0.3, 0.4) is 0 Å². The van der Waals surface area contributed by atoms with Gasteiger partial charge in [-0.1, -0.05) is 327 Å². The maximum atomic E-state index is 4.91. The van der Waals surface area contributed by atoms with Crippen LogP contribution in [0, 0.1) is 18.2 Å². The summed E-state index contributed by atoms with van der Waals surface area (Å²) in [5, 5.41) is 0. The summed E-state index contributed by atoms with van der Waals surface area (Å²) in [6.45, 7) is 39.9. The molecule has 0 saturated heterocycles. The number of hydrogen-bond donors (Lipinski definition) is 0. The van der Waals surface area contributed by atoms with E-state index in [0.717, 1.165) is 88.3 Å². The Morgan fingerprint density at radius 2 is 0.410 bits per heavy atom. The van der Waals surface area contributed by atoms with Gasteiger partial charge in [-0.25, -0.2) is 44.9 Å². The smallest absolute Gasteiger partial charge is 0.165 e. The summed E-state index contributed by atoms with van der Waals surface area (Å²) in [6, 6.07) is 94.2. The van der Waals surface area contributed by atoms with E-state index in [-0.39, 0.29) is 72.7 Å². The molecule has 15 rings (SSSR count). The van der Waals surface area contributed by atoms with Crippen LogP contribution in [0.25, 0.3) is 136 Å². The van der Waals surface area contributed by atoms with Gasteiger partial charge in [0.25, 0.3) is 0 Å². The molecule has 0 spiro atoms. The van der Waals surface area contributed by atoms with Gasteiger partial charge in [-0.3, -0.25) is 0 Å². The first-order valence-corrected chi connectivity index (χ1v) is 39.9. The zero-order chi connectivity index (χ0) is 81.6. The Kier molecular flexibility index (Phi) is 27.1. The SMILES string of the molecule is CC(C)(C)c1ccc(-c2nc(-c3ccc(C(C)(C)C)cc3)nc(-c3ccc(-c4[c-]ccc(Br)c4)nc3)n2)cc1.CC(C)(C)c1ccc(-c2nc(-c3ccc(C(C)(C)C)cc3)nc(-c3ccc(-c4[c-]cccc4)nc3)n2)cc1.CC(C)(C)c1ccc(-c2nc(-c3ccc(C(C)(C)C)cc3)nc(-c3ccc(-c4[c-]cccc4)nc3)n2)cc1.[Ir].[Ir]. The average molecular weight is 1960 g/mol. The van der Waals surface area contributed by atoms with E-state index in [1.54, 1.807) is 0 Å². The first kappa shape index (κ1) is 87.1. The monoisotopic (exact) mass is 1960 g/mol. The Morgan fingerprint density at radius 1 is 0.214 bits per heavy atom. The van der Waals surface area contributed by atoms with Crippen LogP contribution in [0.4, 0.5) is 0 Å². The predicted octanol–water partition coefficient (Wildman–Crippen LogP) is 25.7. The minimum Gasteiger partial charge on any atom is -0.304 e. The molecule has 0 saturated carbocycles. The van der Waals surface area contributed by atoms with Crippen molar-refractivity contribution in [1.29, 1.82) is 0 Å². The number of hydrogen-bond acceptors (Lipinski definition) is 12. The van der Waals surface area contributed by atoms with Crippen molar-refractivity contribution in [3.8, 4) is 136 Å². The maximum Gasteiger partial charge on any atom is 0.165 e. The van der Waals surface area contributed by atoms with E-state index >= 15 is 0 Å². The van der Waals surface area contributed by atoms with E-state index in [2.05, 4.69) is 314 Å². The Bertz CT molecular complexity index is 5340. The molecule has 0 amide bonds. The maximum absolute atomic E-state index is 4.91. The molecule has 6 aromatic heterocycles. The van der Waals surface area contributed by atoms with Crippen LogP contribution in [0.15, 0.2) is 272 Å². The molecule has 0 aliphatic heterocycles. The summed E-state index contributed by atoms with van der Waals surface area (Å²) in [4.78, 5) is 58.0. The molecular weight excluding hydrogens is 1860 g/mol. The predicted molar refractivity (Wildman–Crippen MR) is 475 cm³/mol. The molecule has 0 fully saturated rings. The third-order valence-corrected chi connectivity index (χ3v) is 20.5. The molecule has 0 aliphatic rings. The van der Waals surface area contributed by atoms with Crippen molar-refractivity contribution < 1.29 is 40.2 Å². The second kappa shape index (κ2) is 36.4. The standard InChI is InChI=1S/C34H32BrN4.2C34H33N4.2Ir/c1-33(2,3)26-15-10-22(11-16-26)30-37-31(23-12-17-27(18-13-23)34(4,5)6)39-32(38-30)25-14-19-29(36-21-25)24-8-7-9-28(35)20-24;2*1-33(2,3)27-17-12-24(13-18-27)30-36-31(25-14-19-28(20-15-25)34(4,5)6)38-32(37-30)26-16-21-29(35-22-26)23-10-8-7-9-11-23;;/h7,9-21H,1-6H3;2*7-10,12-22H,1-6H3;;/q3*-1;;. The van der Waals surface area contributed by atoms with Crippen LogP contribution in [0.2, 0.25) is 0 Å². The zero-order valence-corrected chi connectivity index (χ0v) is 76.2. The van der Waals surface area contributed by atoms with Gasteiger partial charge in [0, 0.05) is 109 Å². The molecule has 0 N–H and O–H groups in total. The largest absolute Gasteiger partial charge is 0.304 e. The van der Waals surface area contributed by atoms with Gasteiger partial charge in [-0.05, 0) is 83.0 Å². The molecule has 0 atom stereocenters. The normalized spacial score (nSPS) is 11.8. The van der Waals surface area contributed by atoms with Crippen molar-refractivity contribution >= 4 is 15.9 Å². The number of nitrogens with zero attached hydrogens (tertiary/aromatic N) is 12. The molecule has 6 heterocycles. The van der Waals surface area contributed by atoms with Gasteiger partial charge in [-0.2, -0.15) is 0 Å². The molecule has 0 unspecified atom stereocenters. The Labute approximate surface area is 726 Å². The van der Waals surface area contributed by atoms with Crippen molar-refractivity contribution in [3.63, 3.8) is 0 Å². The molecule has 0 bridgehead atoms. The summed E-state index contributed by atoms with van der Waals surface area (Å²) in [6.07, 6.45) is 5.47. The minimum atomic E-state index is 0. The molecule has 15 aromatic rings. The fourth-order valence-electron chi connectivity index (χ4n) is 12.8. The first-order valence-electron chi connectivity index (χ1n) is 39.1. The average Bonchev–Trinajstić information content (AvgIpc) is 0.797. The summed E-state index contributed by atoms with van der Waals surface area (Å²) >= 11 is 3.53. The Balaban J connectivity index is 0.000000171. The third kappa shape index (κ3) is 22.1. The van der Waals surface area contributed by atoms with Crippen molar-refractivity contribution in [3.05, 3.63) is 323 Å².